The van der Waals surface area contributed by atoms with E-state index in [1.165, 1.54) is 7.11 Å². The number of carbonyl (C=O) groups is 1. The average molecular weight is 177 g/mol. The first-order chi connectivity index (χ1) is 5.66. The molecule has 0 saturated heterocycles. The van der Waals surface area contributed by atoms with E-state index < -0.39 is 5.09 Å². The van der Waals surface area contributed by atoms with Crippen LogP contribution < -0.4 is 0 Å². The molecule has 0 aromatic carbocycles. The van der Waals surface area contributed by atoms with E-state index in [-0.39, 0.29) is 19.0 Å². The van der Waals surface area contributed by atoms with Crippen LogP contribution in [-0.4, -0.2) is 24.8 Å². The monoisotopic (exact) mass is 177 g/mol. The van der Waals surface area contributed by atoms with Crippen molar-refractivity contribution in [1.29, 1.82) is 0 Å². The number of hydrogen-bond acceptors (Lipinski definition) is 5. The van der Waals surface area contributed by atoms with Crippen molar-refractivity contribution < 1.29 is 19.5 Å². The molecule has 0 rings (SSSR count). The van der Waals surface area contributed by atoms with Crippen LogP contribution in [0.15, 0.2) is 0 Å². The van der Waals surface area contributed by atoms with Gasteiger partial charge < -0.3 is 9.57 Å². The van der Waals surface area contributed by atoms with Crippen LogP contribution in [0.1, 0.15) is 19.3 Å². The van der Waals surface area contributed by atoms with Crippen molar-refractivity contribution in [1.82, 2.24) is 0 Å². The third-order valence-electron chi connectivity index (χ3n) is 1.20. The summed E-state index contributed by atoms with van der Waals surface area (Å²) in [7, 11) is 1.30. The Kier molecular flexibility index (Phi) is 5.68. The third kappa shape index (κ3) is 6.79. The Labute approximate surface area is 69.6 Å². The molecule has 0 aliphatic heterocycles. The number of carbonyl (C=O) groups excluding carboxylic acids is 1. The topological polar surface area (TPSA) is 78.7 Å². The molecule has 0 aliphatic carbocycles. The molecule has 6 heteroatoms. The maximum absolute atomic E-state index is 10.5. The summed E-state index contributed by atoms with van der Waals surface area (Å²) in [6.07, 6.45) is 1.30. The molecule has 0 aromatic rings. The van der Waals surface area contributed by atoms with Gasteiger partial charge in [-0.15, -0.1) is 10.1 Å². The second-order valence-corrected chi connectivity index (χ2v) is 2.09. The lowest BCUT2D eigenvalue weighted by molar-refractivity contribution is -0.757. The predicted molar refractivity (Wildman–Crippen MR) is 38.8 cm³/mol. The van der Waals surface area contributed by atoms with Crippen LogP contribution in [-0.2, 0) is 14.4 Å². The van der Waals surface area contributed by atoms with Crippen molar-refractivity contribution in [2.75, 3.05) is 13.7 Å². The number of esters is 1. The highest BCUT2D eigenvalue weighted by atomic mass is 16.9. The molecule has 0 atom stereocenters. The van der Waals surface area contributed by atoms with Crippen LogP contribution in [0, 0.1) is 10.1 Å². The van der Waals surface area contributed by atoms with E-state index in [0.29, 0.717) is 12.8 Å². The van der Waals surface area contributed by atoms with Crippen molar-refractivity contribution in [2.24, 2.45) is 0 Å². The first-order valence-electron chi connectivity index (χ1n) is 3.51. The van der Waals surface area contributed by atoms with Crippen LogP contribution in [0.2, 0.25) is 0 Å². The fourth-order valence-electron chi connectivity index (χ4n) is 0.613. The smallest absolute Gasteiger partial charge is 0.305 e. The Morgan fingerprint density at radius 2 is 2.17 bits per heavy atom. The van der Waals surface area contributed by atoms with E-state index in [4.69, 9.17) is 0 Å². The van der Waals surface area contributed by atoms with E-state index in [1.54, 1.807) is 0 Å². The molecule has 0 heterocycles. The summed E-state index contributed by atoms with van der Waals surface area (Å²) in [6.45, 7) is 0.0317. The van der Waals surface area contributed by atoms with Gasteiger partial charge in [-0.2, -0.15) is 0 Å². The second kappa shape index (κ2) is 6.38. The average Bonchev–Trinajstić information content (AvgIpc) is 2.03. The van der Waals surface area contributed by atoms with E-state index in [2.05, 4.69) is 9.57 Å². The normalized spacial score (nSPS) is 9.08. The van der Waals surface area contributed by atoms with Gasteiger partial charge in [0.05, 0.1) is 13.7 Å². The lowest BCUT2D eigenvalue weighted by atomic mass is 10.2. The molecule has 0 N–H and O–H groups in total. The molecule has 0 unspecified atom stereocenters. The molecule has 0 aliphatic rings. The summed E-state index contributed by atoms with van der Waals surface area (Å²) in [6, 6.07) is 0. The van der Waals surface area contributed by atoms with Gasteiger partial charge in [-0.3, -0.25) is 4.79 Å². The highest BCUT2D eigenvalue weighted by Crippen LogP contribution is 1.97. The zero-order chi connectivity index (χ0) is 9.40. The summed E-state index contributed by atoms with van der Waals surface area (Å²) >= 11 is 0. The summed E-state index contributed by atoms with van der Waals surface area (Å²) in [5.74, 6) is -0.309. The van der Waals surface area contributed by atoms with Crippen molar-refractivity contribution >= 4 is 5.97 Å². The highest BCUT2D eigenvalue weighted by molar-refractivity contribution is 5.68. The van der Waals surface area contributed by atoms with Gasteiger partial charge in [0.25, 0.3) is 5.09 Å². The molecule has 0 aromatic heterocycles. The summed E-state index contributed by atoms with van der Waals surface area (Å²) in [5, 5.41) is 8.80. The molecule has 0 saturated carbocycles. The van der Waals surface area contributed by atoms with Crippen LogP contribution in [0.5, 0.6) is 0 Å². The minimum atomic E-state index is -0.849. The molecule has 70 valence electrons. The minimum Gasteiger partial charge on any atom is -0.469 e. The van der Waals surface area contributed by atoms with Crippen LogP contribution in [0.3, 0.4) is 0 Å². The molecule has 0 fully saturated rings. The number of rotatable bonds is 6. The Bertz CT molecular complexity index is 158. The molecular weight excluding hydrogens is 166 g/mol. The lowest BCUT2D eigenvalue weighted by Crippen LogP contribution is -2.04. The number of methoxy groups -OCH3 is 1. The SMILES string of the molecule is COC(=O)CCCCO[N+](=O)[O-]. The molecule has 12 heavy (non-hydrogen) atoms. The van der Waals surface area contributed by atoms with Crippen molar-refractivity contribution in [3.63, 3.8) is 0 Å². The standard InChI is InChI=1S/C6H11NO5/c1-11-6(8)4-2-3-5-12-7(9)10/h2-5H2,1H3. The van der Waals surface area contributed by atoms with E-state index in [9.17, 15) is 14.9 Å². The van der Waals surface area contributed by atoms with Gasteiger partial charge in [-0.25, -0.2) is 0 Å². The first kappa shape index (κ1) is 10.7. The molecular formula is C6H11NO5. The van der Waals surface area contributed by atoms with Gasteiger partial charge in [0.2, 0.25) is 0 Å². The first-order valence-corrected chi connectivity index (χ1v) is 3.51. The van der Waals surface area contributed by atoms with Crippen LogP contribution in [0.25, 0.3) is 0 Å². The molecule has 0 bridgehead atoms. The maximum atomic E-state index is 10.5. The van der Waals surface area contributed by atoms with Crippen molar-refractivity contribution in [3.05, 3.63) is 10.1 Å². The van der Waals surface area contributed by atoms with Gasteiger partial charge in [-0.05, 0) is 12.8 Å². The number of ether oxygens (including phenoxy) is 1. The predicted octanol–water partition coefficient (Wildman–Crippen LogP) is 0.538. The maximum Gasteiger partial charge on any atom is 0.305 e. The Balaban J connectivity index is 3.11. The Morgan fingerprint density at radius 3 is 2.67 bits per heavy atom. The Hall–Kier alpha value is -1.33. The summed E-state index contributed by atoms with van der Waals surface area (Å²) < 4.78 is 4.36. The fourth-order valence-corrected chi connectivity index (χ4v) is 0.613. The Morgan fingerprint density at radius 1 is 1.50 bits per heavy atom. The van der Waals surface area contributed by atoms with Gasteiger partial charge in [0.15, 0.2) is 0 Å². The quantitative estimate of drug-likeness (QED) is 0.256. The fraction of sp³-hybridized carbons (Fsp3) is 0.833. The number of unbranched alkanes of at least 4 members (excludes halogenated alkanes) is 1. The van der Waals surface area contributed by atoms with E-state index in [0.717, 1.165) is 0 Å². The largest absolute Gasteiger partial charge is 0.469 e. The van der Waals surface area contributed by atoms with Gasteiger partial charge in [0.1, 0.15) is 0 Å². The highest BCUT2D eigenvalue weighted by Gasteiger charge is 2.00. The summed E-state index contributed by atoms with van der Waals surface area (Å²) in [4.78, 5) is 24.2. The van der Waals surface area contributed by atoms with Crippen LogP contribution in [0.4, 0.5) is 0 Å². The number of hydrogen-bond donors (Lipinski definition) is 0. The molecule has 0 radical (unpaired) electrons. The molecule has 0 amide bonds. The minimum absolute atomic E-state index is 0.0317. The van der Waals surface area contributed by atoms with E-state index >= 15 is 0 Å². The lowest BCUT2D eigenvalue weighted by Gasteiger charge is -1.98. The van der Waals surface area contributed by atoms with Gasteiger partial charge >= 0.3 is 5.97 Å². The van der Waals surface area contributed by atoms with Gasteiger partial charge in [0, 0.05) is 6.42 Å². The van der Waals surface area contributed by atoms with E-state index in [1.807, 2.05) is 0 Å². The van der Waals surface area contributed by atoms with Crippen molar-refractivity contribution in [2.45, 2.75) is 19.3 Å². The molecule has 0 spiro atoms. The second-order valence-electron chi connectivity index (χ2n) is 2.09. The number of nitrogens with zero attached hydrogens (tertiary/aromatic N) is 1. The van der Waals surface area contributed by atoms with Crippen molar-refractivity contribution in [3.8, 4) is 0 Å². The zero-order valence-corrected chi connectivity index (χ0v) is 6.82. The molecule has 6 nitrogen and oxygen atoms in total. The zero-order valence-electron chi connectivity index (χ0n) is 6.82. The van der Waals surface area contributed by atoms with Gasteiger partial charge in [-0.1, -0.05) is 0 Å². The summed E-state index contributed by atoms with van der Waals surface area (Å²) in [5.41, 5.74) is 0. The van der Waals surface area contributed by atoms with Crippen LogP contribution >= 0.6 is 0 Å². The third-order valence-corrected chi connectivity index (χ3v) is 1.20.